The molecule has 2 aromatic rings. The number of esters is 1. The average Bonchev–Trinajstić information content (AvgIpc) is 2.70. The van der Waals surface area contributed by atoms with E-state index in [0.717, 1.165) is 0 Å². The summed E-state index contributed by atoms with van der Waals surface area (Å²) in [5.41, 5.74) is 1.02. The van der Waals surface area contributed by atoms with E-state index in [4.69, 9.17) is 4.74 Å². The first kappa shape index (κ1) is 22.4. The van der Waals surface area contributed by atoms with E-state index < -0.39 is 5.25 Å². The van der Waals surface area contributed by atoms with Gasteiger partial charge in [-0.05, 0) is 36.8 Å². The van der Waals surface area contributed by atoms with Crippen molar-refractivity contribution in [3.8, 4) is 0 Å². The molecular formula is C21H23FN2O4S. The lowest BCUT2D eigenvalue weighted by atomic mass is 10.1. The molecule has 0 radical (unpaired) electrons. The predicted octanol–water partition coefficient (Wildman–Crippen LogP) is 2.57. The van der Waals surface area contributed by atoms with Gasteiger partial charge in [-0.25, -0.2) is 4.39 Å². The van der Waals surface area contributed by atoms with Crippen molar-refractivity contribution in [1.29, 1.82) is 0 Å². The summed E-state index contributed by atoms with van der Waals surface area (Å²) >= 11 is 1.24. The Balaban J connectivity index is 1.82. The monoisotopic (exact) mass is 418 g/mol. The van der Waals surface area contributed by atoms with Gasteiger partial charge in [-0.2, -0.15) is 0 Å². The van der Waals surface area contributed by atoms with Gasteiger partial charge in [0.1, 0.15) is 11.1 Å². The van der Waals surface area contributed by atoms with Gasteiger partial charge in [-0.1, -0.05) is 24.3 Å². The molecule has 0 heterocycles. The Bertz CT molecular complexity index is 875. The molecule has 0 saturated carbocycles. The zero-order valence-corrected chi connectivity index (χ0v) is 17.1. The Morgan fingerprint density at radius 3 is 2.52 bits per heavy atom. The van der Waals surface area contributed by atoms with Crippen LogP contribution in [0.2, 0.25) is 0 Å². The van der Waals surface area contributed by atoms with Crippen LogP contribution in [0.4, 0.5) is 4.39 Å². The Kier molecular flexibility index (Phi) is 8.67. The lowest BCUT2D eigenvalue weighted by Crippen LogP contribution is -2.35. The molecule has 0 aromatic heterocycles. The highest BCUT2D eigenvalue weighted by Gasteiger charge is 2.18. The molecule has 0 spiro atoms. The molecule has 1 atom stereocenters. The van der Waals surface area contributed by atoms with Gasteiger partial charge in [0.15, 0.2) is 0 Å². The number of carbonyl (C=O) groups is 3. The summed E-state index contributed by atoms with van der Waals surface area (Å²) in [7, 11) is 1.32. The molecule has 2 N–H and O–H groups in total. The van der Waals surface area contributed by atoms with Gasteiger partial charge < -0.3 is 15.4 Å². The third-order valence-electron chi connectivity index (χ3n) is 3.95. The van der Waals surface area contributed by atoms with Crippen molar-refractivity contribution < 1.29 is 23.5 Å². The summed E-state index contributed by atoms with van der Waals surface area (Å²) in [5, 5.41) is 4.98. The second-order valence-corrected chi connectivity index (χ2v) is 7.57. The smallest absolute Gasteiger partial charge is 0.318 e. The van der Waals surface area contributed by atoms with E-state index in [2.05, 4.69) is 10.6 Å². The van der Waals surface area contributed by atoms with E-state index in [0.29, 0.717) is 16.0 Å². The van der Waals surface area contributed by atoms with Gasteiger partial charge in [-0.15, -0.1) is 11.8 Å². The maximum Gasteiger partial charge on any atom is 0.318 e. The molecule has 0 aliphatic carbocycles. The molecule has 0 saturated heterocycles. The summed E-state index contributed by atoms with van der Waals surface area (Å²) in [6, 6.07) is 12.8. The van der Waals surface area contributed by atoms with Crippen LogP contribution in [-0.2, 0) is 20.7 Å². The minimum atomic E-state index is -0.448. The lowest BCUT2D eigenvalue weighted by molar-refractivity contribution is -0.139. The van der Waals surface area contributed by atoms with Crippen molar-refractivity contribution in [2.45, 2.75) is 23.5 Å². The second-order valence-electron chi connectivity index (χ2n) is 6.19. The Morgan fingerprint density at radius 1 is 1.07 bits per heavy atom. The fraction of sp³-hybridized carbons (Fsp3) is 0.286. The molecule has 2 aromatic carbocycles. The molecule has 0 aliphatic heterocycles. The van der Waals surface area contributed by atoms with Crippen molar-refractivity contribution in [2.75, 3.05) is 20.2 Å². The molecule has 2 rings (SSSR count). The number of rotatable bonds is 9. The molecule has 0 fully saturated rings. The molecule has 29 heavy (non-hydrogen) atoms. The van der Waals surface area contributed by atoms with Gasteiger partial charge in [0.05, 0.1) is 19.1 Å². The summed E-state index contributed by atoms with van der Waals surface area (Å²) in [5.74, 6) is -1.32. The third-order valence-corrected chi connectivity index (χ3v) is 5.11. The van der Waals surface area contributed by atoms with Gasteiger partial charge in [0.25, 0.3) is 5.91 Å². The van der Waals surface area contributed by atoms with E-state index >= 15 is 0 Å². The fourth-order valence-corrected chi connectivity index (χ4v) is 3.55. The van der Waals surface area contributed by atoms with Crippen LogP contribution >= 0.6 is 11.8 Å². The number of ether oxygens (including phenoxy) is 1. The molecular weight excluding hydrogens is 395 g/mol. The van der Waals surface area contributed by atoms with Crippen molar-refractivity contribution in [3.05, 3.63) is 65.5 Å². The largest absolute Gasteiger partial charge is 0.468 e. The molecule has 1 unspecified atom stereocenters. The number of nitrogens with one attached hydrogen (secondary N) is 2. The topological polar surface area (TPSA) is 84.5 Å². The summed E-state index contributed by atoms with van der Waals surface area (Å²) < 4.78 is 17.9. The maximum atomic E-state index is 13.1. The number of benzene rings is 2. The molecule has 8 heteroatoms. The Hall–Kier alpha value is -2.87. The molecule has 6 nitrogen and oxygen atoms in total. The van der Waals surface area contributed by atoms with Crippen molar-refractivity contribution >= 4 is 29.5 Å². The van der Waals surface area contributed by atoms with Crippen molar-refractivity contribution in [2.24, 2.45) is 0 Å². The first-order valence-electron chi connectivity index (χ1n) is 9.03. The minimum absolute atomic E-state index is 0.0661. The van der Waals surface area contributed by atoms with E-state index in [1.54, 1.807) is 43.3 Å². The normalized spacial score (nSPS) is 11.4. The highest BCUT2D eigenvalue weighted by Crippen LogP contribution is 2.27. The average molecular weight is 418 g/mol. The van der Waals surface area contributed by atoms with Crippen molar-refractivity contribution in [1.82, 2.24) is 10.6 Å². The van der Waals surface area contributed by atoms with Crippen molar-refractivity contribution in [3.63, 3.8) is 0 Å². The fourth-order valence-electron chi connectivity index (χ4n) is 2.53. The minimum Gasteiger partial charge on any atom is -0.468 e. The first-order valence-corrected chi connectivity index (χ1v) is 9.91. The number of carbonyl (C=O) groups excluding carboxylic acids is 3. The number of amides is 2. The summed E-state index contributed by atoms with van der Waals surface area (Å²) in [6.45, 7) is 2.19. The van der Waals surface area contributed by atoms with Crippen LogP contribution in [0.25, 0.3) is 0 Å². The van der Waals surface area contributed by atoms with Crippen LogP contribution in [-0.4, -0.2) is 43.2 Å². The third kappa shape index (κ3) is 7.23. The Morgan fingerprint density at radius 2 is 1.79 bits per heavy atom. The molecule has 154 valence electrons. The number of methoxy groups -OCH3 is 1. The van der Waals surface area contributed by atoms with Gasteiger partial charge in [-0.3, -0.25) is 14.4 Å². The highest BCUT2D eigenvalue weighted by atomic mass is 32.2. The highest BCUT2D eigenvalue weighted by molar-refractivity contribution is 8.00. The molecule has 0 aliphatic rings. The quantitative estimate of drug-likeness (QED) is 0.371. The van der Waals surface area contributed by atoms with E-state index in [1.807, 2.05) is 0 Å². The van der Waals surface area contributed by atoms with E-state index in [9.17, 15) is 18.8 Å². The summed E-state index contributed by atoms with van der Waals surface area (Å²) in [4.78, 5) is 36.7. The summed E-state index contributed by atoms with van der Waals surface area (Å²) in [6.07, 6.45) is 0.0661. The Labute approximate surface area is 173 Å². The number of hydrogen-bond donors (Lipinski definition) is 2. The molecule has 0 bridgehead atoms. The second kappa shape index (κ2) is 11.2. The van der Waals surface area contributed by atoms with E-state index in [1.165, 1.54) is 31.0 Å². The number of hydrogen-bond acceptors (Lipinski definition) is 5. The maximum absolute atomic E-state index is 13.1. The van der Waals surface area contributed by atoms with Crippen LogP contribution in [0.15, 0.2) is 53.4 Å². The lowest BCUT2D eigenvalue weighted by Gasteiger charge is -2.13. The van der Waals surface area contributed by atoms with Crippen LogP contribution < -0.4 is 10.6 Å². The van der Waals surface area contributed by atoms with Crippen LogP contribution in [0.5, 0.6) is 0 Å². The van der Waals surface area contributed by atoms with Crippen LogP contribution in [0, 0.1) is 5.82 Å². The zero-order valence-electron chi connectivity index (χ0n) is 16.2. The standard InChI is InChI=1S/C21H23FN2O4S/c1-14(21(27)28-2)29-18-9-4-3-8-17(18)20(26)24-11-10-23-19(25)13-15-6-5-7-16(22)12-15/h3-9,12,14H,10-11,13H2,1-2H3,(H,23,25)(H,24,26). The number of thioether (sulfide) groups is 1. The SMILES string of the molecule is COC(=O)C(C)Sc1ccccc1C(=O)NCCNC(=O)Cc1cccc(F)c1. The molecule has 2 amide bonds. The van der Waals surface area contributed by atoms with Gasteiger partial charge >= 0.3 is 5.97 Å². The predicted molar refractivity (Wildman–Crippen MR) is 109 cm³/mol. The number of halogens is 1. The van der Waals surface area contributed by atoms with Crippen LogP contribution in [0.3, 0.4) is 0 Å². The first-order chi connectivity index (χ1) is 13.9. The van der Waals surface area contributed by atoms with Gasteiger partial charge in [0.2, 0.25) is 5.91 Å². The van der Waals surface area contributed by atoms with E-state index in [-0.39, 0.29) is 43.1 Å². The van der Waals surface area contributed by atoms with Gasteiger partial charge in [0, 0.05) is 18.0 Å². The zero-order chi connectivity index (χ0) is 21.2. The van der Waals surface area contributed by atoms with Crippen LogP contribution in [0.1, 0.15) is 22.8 Å².